The third kappa shape index (κ3) is 1.92. The van der Waals surface area contributed by atoms with Gasteiger partial charge in [-0.15, -0.1) is 0 Å². The van der Waals surface area contributed by atoms with Crippen molar-refractivity contribution in [2.75, 3.05) is 0 Å². The average molecular weight is 261 g/mol. The zero-order valence-electron chi connectivity index (χ0n) is 8.18. The van der Waals surface area contributed by atoms with Gasteiger partial charge >= 0.3 is 0 Å². The Labute approximate surface area is 103 Å². The molecule has 1 N–H and O–H groups in total. The molecular formula is C10H10Cl2N2S. The van der Waals surface area contributed by atoms with Gasteiger partial charge in [0.05, 0.1) is 21.1 Å². The Morgan fingerprint density at radius 3 is 2.67 bits per heavy atom. The number of nitrogens with one attached hydrogen (secondary N) is 1. The molecule has 0 saturated heterocycles. The molecule has 80 valence electrons. The Bertz CT molecular complexity index is 556. The van der Waals surface area contributed by atoms with E-state index < -0.39 is 0 Å². The van der Waals surface area contributed by atoms with Crippen LogP contribution < -0.4 is 0 Å². The second-order valence-corrected chi connectivity index (χ2v) is 4.57. The summed E-state index contributed by atoms with van der Waals surface area (Å²) in [4.78, 5) is 3.11. The molecule has 2 aromatic rings. The summed E-state index contributed by atoms with van der Waals surface area (Å²) in [6.45, 7) is 2.99. The highest BCUT2D eigenvalue weighted by Crippen LogP contribution is 2.27. The molecule has 0 bridgehead atoms. The van der Waals surface area contributed by atoms with Crippen LogP contribution in [0.1, 0.15) is 13.3 Å². The topological polar surface area (TPSA) is 20.7 Å². The molecule has 2 rings (SSSR count). The van der Waals surface area contributed by atoms with E-state index in [2.05, 4.69) is 11.9 Å². The maximum absolute atomic E-state index is 5.98. The van der Waals surface area contributed by atoms with Crippen LogP contribution in [0.25, 0.3) is 11.0 Å². The monoisotopic (exact) mass is 260 g/mol. The average Bonchev–Trinajstić information content (AvgIpc) is 2.46. The number of halogens is 2. The number of aryl methyl sites for hydroxylation is 1. The van der Waals surface area contributed by atoms with E-state index >= 15 is 0 Å². The number of hydrogen-bond acceptors (Lipinski definition) is 1. The Morgan fingerprint density at radius 1 is 1.33 bits per heavy atom. The van der Waals surface area contributed by atoms with Gasteiger partial charge in [0.2, 0.25) is 0 Å². The van der Waals surface area contributed by atoms with Gasteiger partial charge in [-0.05, 0) is 30.8 Å². The van der Waals surface area contributed by atoms with Gasteiger partial charge in [0, 0.05) is 6.54 Å². The molecule has 0 aliphatic rings. The van der Waals surface area contributed by atoms with Gasteiger partial charge in [-0.1, -0.05) is 30.1 Å². The first kappa shape index (κ1) is 11.0. The molecule has 0 amide bonds. The van der Waals surface area contributed by atoms with Crippen LogP contribution in [-0.2, 0) is 6.54 Å². The maximum atomic E-state index is 5.98. The molecule has 0 aliphatic carbocycles. The van der Waals surface area contributed by atoms with Gasteiger partial charge in [0.1, 0.15) is 0 Å². The highest BCUT2D eigenvalue weighted by atomic mass is 35.5. The molecule has 0 spiro atoms. The number of H-pyrrole nitrogens is 1. The van der Waals surface area contributed by atoms with Crippen molar-refractivity contribution in [1.82, 2.24) is 9.55 Å². The van der Waals surface area contributed by atoms with Crippen molar-refractivity contribution in [2.45, 2.75) is 19.9 Å². The van der Waals surface area contributed by atoms with Crippen molar-refractivity contribution in [1.29, 1.82) is 0 Å². The molecule has 0 fully saturated rings. The minimum absolute atomic E-state index is 0.545. The predicted molar refractivity (Wildman–Crippen MR) is 67.4 cm³/mol. The Morgan fingerprint density at radius 2 is 2.00 bits per heavy atom. The third-order valence-electron chi connectivity index (χ3n) is 2.26. The maximum Gasteiger partial charge on any atom is 0.178 e. The van der Waals surface area contributed by atoms with Crippen LogP contribution >= 0.6 is 35.4 Å². The van der Waals surface area contributed by atoms with Gasteiger partial charge < -0.3 is 9.55 Å². The zero-order valence-corrected chi connectivity index (χ0v) is 10.5. The van der Waals surface area contributed by atoms with Crippen molar-refractivity contribution < 1.29 is 0 Å². The molecule has 0 saturated carbocycles. The lowest BCUT2D eigenvalue weighted by Crippen LogP contribution is -1.95. The molecule has 0 atom stereocenters. The van der Waals surface area contributed by atoms with E-state index in [4.69, 9.17) is 35.4 Å². The lowest BCUT2D eigenvalue weighted by molar-refractivity contribution is 0.688. The van der Waals surface area contributed by atoms with Gasteiger partial charge in [0.15, 0.2) is 4.77 Å². The largest absolute Gasteiger partial charge is 0.331 e. The number of aromatic nitrogens is 2. The molecule has 0 unspecified atom stereocenters. The predicted octanol–water partition coefficient (Wildman–Crippen LogP) is 4.42. The summed E-state index contributed by atoms with van der Waals surface area (Å²) in [5.41, 5.74) is 1.94. The molecule has 0 aliphatic heterocycles. The smallest absolute Gasteiger partial charge is 0.178 e. The Kier molecular flexibility index (Phi) is 3.05. The van der Waals surface area contributed by atoms with E-state index in [1.54, 1.807) is 6.07 Å². The quantitative estimate of drug-likeness (QED) is 0.794. The standard InChI is InChI=1S/C10H10Cl2N2S/c1-2-3-14-9-5-7(12)6(11)4-8(9)13-10(14)15/h4-5H,2-3H2,1H3,(H,13,15). The van der Waals surface area contributed by atoms with Crippen molar-refractivity contribution >= 4 is 46.5 Å². The summed E-state index contributed by atoms with van der Waals surface area (Å²) in [6.07, 6.45) is 1.03. The molecule has 5 heteroatoms. The van der Waals surface area contributed by atoms with Crippen molar-refractivity contribution in [3.05, 3.63) is 26.9 Å². The van der Waals surface area contributed by atoms with Crippen LogP contribution in [0, 0.1) is 4.77 Å². The molecule has 15 heavy (non-hydrogen) atoms. The second kappa shape index (κ2) is 4.16. The third-order valence-corrected chi connectivity index (χ3v) is 3.31. The van der Waals surface area contributed by atoms with E-state index in [1.165, 1.54) is 0 Å². The lowest BCUT2D eigenvalue weighted by atomic mass is 10.3. The Hall–Kier alpha value is -0.510. The van der Waals surface area contributed by atoms with E-state index in [9.17, 15) is 0 Å². The molecule has 2 nitrogen and oxygen atoms in total. The van der Waals surface area contributed by atoms with Gasteiger partial charge in [-0.25, -0.2) is 0 Å². The number of imidazole rings is 1. The van der Waals surface area contributed by atoms with Crippen LogP contribution in [0.5, 0.6) is 0 Å². The highest BCUT2D eigenvalue weighted by Gasteiger charge is 2.07. The summed E-state index contributed by atoms with van der Waals surface area (Å²) in [5.74, 6) is 0. The number of benzene rings is 1. The number of aromatic amines is 1. The molecule has 1 heterocycles. The van der Waals surface area contributed by atoms with Crippen molar-refractivity contribution in [3.63, 3.8) is 0 Å². The van der Waals surface area contributed by atoms with Crippen molar-refractivity contribution in [2.24, 2.45) is 0 Å². The van der Waals surface area contributed by atoms with Crippen LogP contribution in [0.2, 0.25) is 10.0 Å². The fourth-order valence-corrected chi connectivity index (χ4v) is 2.22. The molecular weight excluding hydrogens is 251 g/mol. The molecule has 1 aromatic carbocycles. The first-order chi connectivity index (χ1) is 7.13. The SMILES string of the molecule is CCCn1c(=S)[nH]c2cc(Cl)c(Cl)cc21. The van der Waals surface area contributed by atoms with E-state index in [1.807, 2.05) is 10.6 Å². The summed E-state index contributed by atoms with van der Waals surface area (Å²) in [7, 11) is 0. The van der Waals surface area contributed by atoms with Crippen LogP contribution in [0.4, 0.5) is 0 Å². The van der Waals surface area contributed by atoms with Gasteiger partial charge in [0.25, 0.3) is 0 Å². The Balaban J connectivity index is 2.76. The van der Waals surface area contributed by atoms with Gasteiger partial charge in [-0.2, -0.15) is 0 Å². The van der Waals surface area contributed by atoms with Crippen molar-refractivity contribution in [3.8, 4) is 0 Å². The number of nitrogens with zero attached hydrogens (tertiary/aromatic N) is 1. The summed E-state index contributed by atoms with van der Waals surface area (Å²) < 4.78 is 2.75. The zero-order chi connectivity index (χ0) is 11.0. The highest BCUT2D eigenvalue weighted by molar-refractivity contribution is 7.71. The summed E-state index contributed by atoms with van der Waals surface area (Å²) in [6, 6.07) is 3.66. The lowest BCUT2D eigenvalue weighted by Gasteiger charge is -2.02. The van der Waals surface area contributed by atoms with Crippen LogP contribution in [0.3, 0.4) is 0 Å². The van der Waals surface area contributed by atoms with Crippen LogP contribution in [-0.4, -0.2) is 9.55 Å². The minimum Gasteiger partial charge on any atom is -0.331 e. The molecule has 0 radical (unpaired) electrons. The fraction of sp³-hybridized carbons (Fsp3) is 0.300. The van der Waals surface area contributed by atoms with E-state index in [0.717, 1.165) is 24.0 Å². The fourth-order valence-electron chi connectivity index (χ4n) is 1.60. The summed E-state index contributed by atoms with van der Waals surface area (Å²) >= 11 is 17.1. The van der Waals surface area contributed by atoms with Crippen LogP contribution in [0.15, 0.2) is 12.1 Å². The van der Waals surface area contributed by atoms with E-state index in [-0.39, 0.29) is 0 Å². The number of rotatable bonds is 2. The van der Waals surface area contributed by atoms with E-state index in [0.29, 0.717) is 14.8 Å². The number of fused-ring (bicyclic) bond motifs is 1. The number of hydrogen-bond donors (Lipinski definition) is 1. The van der Waals surface area contributed by atoms with Gasteiger partial charge in [-0.3, -0.25) is 0 Å². The first-order valence-corrected chi connectivity index (χ1v) is 5.87. The first-order valence-electron chi connectivity index (χ1n) is 4.71. The minimum atomic E-state index is 0.545. The second-order valence-electron chi connectivity index (χ2n) is 3.37. The normalized spacial score (nSPS) is 11.1. The summed E-state index contributed by atoms with van der Waals surface area (Å²) in [5, 5.41) is 1.10. The molecule has 1 aromatic heterocycles.